The van der Waals surface area contributed by atoms with Crippen molar-refractivity contribution in [2.45, 2.75) is 32.1 Å². The largest absolute Gasteiger partial charge is 0.371 e. The summed E-state index contributed by atoms with van der Waals surface area (Å²) in [4.78, 5) is 0. The van der Waals surface area contributed by atoms with E-state index in [0.717, 1.165) is 24.1 Å². The van der Waals surface area contributed by atoms with Crippen molar-refractivity contribution in [1.82, 2.24) is 0 Å². The zero-order valence-corrected chi connectivity index (χ0v) is 10.1. The molecule has 1 aliphatic rings. The van der Waals surface area contributed by atoms with Gasteiger partial charge in [0.25, 0.3) is 0 Å². The number of rotatable bonds is 3. The third-order valence-electron chi connectivity index (χ3n) is 3.04. The Hall–Kier alpha value is -1.10. The number of fused-ring (bicyclic) bond motifs is 1. The van der Waals surface area contributed by atoms with Gasteiger partial charge in [-0.25, -0.2) is 0 Å². The summed E-state index contributed by atoms with van der Waals surface area (Å²) < 4.78 is 5.68. The van der Waals surface area contributed by atoms with Crippen molar-refractivity contribution in [1.29, 1.82) is 0 Å². The van der Waals surface area contributed by atoms with Gasteiger partial charge in [0.05, 0.1) is 12.7 Å². The highest BCUT2D eigenvalue weighted by Crippen LogP contribution is 2.32. The van der Waals surface area contributed by atoms with Crippen molar-refractivity contribution in [2.75, 3.05) is 18.5 Å². The highest BCUT2D eigenvalue weighted by atomic mass is 16.5. The van der Waals surface area contributed by atoms with E-state index < -0.39 is 6.23 Å². The molecule has 17 heavy (non-hydrogen) atoms. The second-order valence-electron chi connectivity index (χ2n) is 4.35. The first kappa shape index (κ1) is 12.4. The lowest BCUT2D eigenvalue weighted by molar-refractivity contribution is 0.00358. The van der Waals surface area contributed by atoms with Gasteiger partial charge >= 0.3 is 0 Å². The van der Waals surface area contributed by atoms with E-state index in [1.807, 2.05) is 12.1 Å². The molecule has 2 rings (SSSR count). The minimum atomic E-state index is -0.634. The SMILES string of the molecule is CC[C@H]1OC[C@@H](O)Nc2ccc(CCN)cc21. The standard InChI is InChI=1S/C13H20N2O2/c1-2-12-10-7-9(5-6-14)3-4-11(10)15-13(16)8-17-12/h3-4,7,12-13,15-16H,2,5-6,8,14H2,1H3/t12-,13-/m1/s1. The molecule has 0 bridgehead atoms. The average Bonchev–Trinajstić information content (AvgIpc) is 2.48. The number of nitrogens with two attached hydrogens (primary N) is 1. The maximum atomic E-state index is 9.67. The molecular weight excluding hydrogens is 216 g/mol. The molecule has 0 radical (unpaired) electrons. The Morgan fingerprint density at radius 1 is 1.53 bits per heavy atom. The second-order valence-corrected chi connectivity index (χ2v) is 4.35. The van der Waals surface area contributed by atoms with E-state index in [-0.39, 0.29) is 6.10 Å². The van der Waals surface area contributed by atoms with Gasteiger partial charge in [-0.2, -0.15) is 0 Å². The van der Waals surface area contributed by atoms with E-state index in [0.29, 0.717) is 13.2 Å². The third-order valence-corrected chi connectivity index (χ3v) is 3.04. The number of anilines is 1. The van der Waals surface area contributed by atoms with Crippen LogP contribution < -0.4 is 11.1 Å². The quantitative estimate of drug-likeness (QED) is 0.742. The number of hydrogen-bond donors (Lipinski definition) is 3. The number of aliphatic hydroxyl groups is 1. The van der Waals surface area contributed by atoms with E-state index >= 15 is 0 Å². The monoisotopic (exact) mass is 236 g/mol. The fourth-order valence-electron chi connectivity index (χ4n) is 2.19. The molecule has 1 aromatic carbocycles. The lowest BCUT2D eigenvalue weighted by Crippen LogP contribution is -2.22. The smallest absolute Gasteiger partial charge is 0.148 e. The highest BCUT2D eigenvalue weighted by Gasteiger charge is 2.21. The number of benzene rings is 1. The summed E-state index contributed by atoms with van der Waals surface area (Å²) >= 11 is 0. The molecule has 0 spiro atoms. The van der Waals surface area contributed by atoms with E-state index in [9.17, 15) is 5.11 Å². The Kier molecular flexibility index (Phi) is 3.99. The van der Waals surface area contributed by atoms with Gasteiger partial charge in [0.1, 0.15) is 6.23 Å². The number of hydrogen-bond acceptors (Lipinski definition) is 4. The average molecular weight is 236 g/mol. The first-order valence-corrected chi connectivity index (χ1v) is 6.13. The molecular formula is C13H20N2O2. The van der Waals surface area contributed by atoms with Crippen LogP contribution in [0, 0.1) is 0 Å². The molecule has 0 aliphatic carbocycles. The summed E-state index contributed by atoms with van der Waals surface area (Å²) in [7, 11) is 0. The number of ether oxygens (including phenoxy) is 1. The first-order chi connectivity index (χ1) is 8.24. The summed E-state index contributed by atoms with van der Waals surface area (Å²) in [5.41, 5.74) is 8.87. The first-order valence-electron chi connectivity index (χ1n) is 6.13. The van der Waals surface area contributed by atoms with Crippen LogP contribution in [0.3, 0.4) is 0 Å². The molecule has 0 saturated heterocycles. The molecule has 0 aromatic heterocycles. The van der Waals surface area contributed by atoms with Gasteiger partial charge in [-0.1, -0.05) is 19.1 Å². The van der Waals surface area contributed by atoms with Gasteiger partial charge in [0, 0.05) is 11.3 Å². The summed E-state index contributed by atoms with van der Waals surface area (Å²) in [5, 5.41) is 12.7. The molecule has 1 aliphatic heterocycles. The lowest BCUT2D eigenvalue weighted by Gasteiger charge is -2.16. The van der Waals surface area contributed by atoms with Crippen LogP contribution in [0.25, 0.3) is 0 Å². The van der Waals surface area contributed by atoms with Crippen LogP contribution in [0.4, 0.5) is 5.69 Å². The van der Waals surface area contributed by atoms with Crippen LogP contribution in [0.15, 0.2) is 18.2 Å². The predicted molar refractivity (Wildman–Crippen MR) is 67.8 cm³/mol. The lowest BCUT2D eigenvalue weighted by atomic mass is 10.0. The molecule has 0 saturated carbocycles. The molecule has 4 N–H and O–H groups in total. The van der Waals surface area contributed by atoms with E-state index in [4.69, 9.17) is 10.5 Å². The molecule has 0 fully saturated rings. The summed E-state index contributed by atoms with van der Waals surface area (Å²) in [5.74, 6) is 0. The van der Waals surface area contributed by atoms with Gasteiger partial charge in [-0.05, 0) is 31.0 Å². The summed E-state index contributed by atoms with van der Waals surface area (Å²) in [6.45, 7) is 3.05. The Balaban J connectivity index is 2.34. The molecule has 1 heterocycles. The zero-order chi connectivity index (χ0) is 12.3. The van der Waals surface area contributed by atoms with Crippen molar-refractivity contribution >= 4 is 5.69 Å². The highest BCUT2D eigenvalue weighted by molar-refractivity contribution is 5.55. The molecule has 4 heteroatoms. The third kappa shape index (κ3) is 2.77. The fourth-order valence-corrected chi connectivity index (χ4v) is 2.19. The van der Waals surface area contributed by atoms with Crippen LogP contribution >= 0.6 is 0 Å². The van der Waals surface area contributed by atoms with Crippen molar-refractivity contribution in [3.05, 3.63) is 29.3 Å². The van der Waals surface area contributed by atoms with Crippen molar-refractivity contribution in [2.24, 2.45) is 5.73 Å². The Morgan fingerprint density at radius 2 is 2.35 bits per heavy atom. The van der Waals surface area contributed by atoms with Crippen molar-refractivity contribution < 1.29 is 9.84 Å². The fraction of sp³-hybridized carbons (Fsp3) is 0.538. The maximum absolute atomic E-state index is 9.67. The van der Waals surface area contributed by atoms with Gasteiger partial charge in [0.2, 0.25) is 0 Å². The van der Waals surface area contributed by atoms with Crippen LogP contribution in [0.2, 0.25) is 0 Å². The molecule has 4 nitrogen and oxygen atoms in total. The van der Waals surface area contributed by atoms with Crippen LogP contribution in [0.1, 0.15) is 30.6 Å². The Bertz CT molecular complexity index is 382. The van der Waals surface area contributed by atoms with Crippen molar-refractivity contribution in [3.63, 3.8) is 0 Å². The molecule has 0 amide bonds. The number of nitrogens with one attached hydrogen (secondary N) is 1. The summed E-state index contributed by atoms with van der Waals surface area (Å²) in [6, 6.07) is 6.17. The molecule has 0 unspecified atom stereocenters. The Labute approximate surface area is 102 Å². The van der Waals surface area contributed by atoms with Crippen LogP contribution in [-0.4, -0.2) is 24.5 Å². The van der Waals surface area contributed by atoms with Crippen LogP contribution in [-0.2, 0) is 11.2 Å². The van der Waals surface area contributed by atoms with Gasteiger partial charge in [-0.3, -0.25) is 0 Å². The molecule has 94 valence electrons. The van der Waals surface area contributed by atoms with Gasteiger partial charge in [0.15, 0.2) is 0 Å². The minimum absolute atomic E-state index is 0.0485. The zero-order valence-electron chi connectivity index (χ0n) is 10.1. The van der Waals surface area contributed by atoms with Crippen molar-refractivity contribution in [3.8, 4) is 0 Å². The van der Waals surface area contributed by atoms with E-state index in [2.05, 4.69) is 18.3 Å². The molecule has 1 aromatic rings. The van der Waals surface area contributed by atoms with E-state index in [1.54, 1.807) is 0 Å². The van der Waals surface area contributed by atoms with Gasteiger partial charge < -0.3 is 20.9 Å². The summed E-state index contributed by atoms with van der Waals surface area (Å²) in [6.07, 6.45) is 1.18. The Morgan fingerprint density at radius 3 is 3.06 bits per heavy atom. The normalized spacial score (nSPS) is 23.7. The second kappa shape index (κ2) is 5.49. The minimum Gasteiger partial charge on any atom is -0.371 e. The topological polar surface area (TPSA) is 67.5 Å². The maximum Gasteiger partial charge on any atom is 0.148 e. The van der Waals surface area contributed by atoms with Gasteiger partial charge in [-0.15, -0.1) is 0 Å². The van der Waals surface area contributed by atoms with Crippen LogP contribution in [0.5, 0.6) is 0 Å². The predicted octanol–water partition coefficient (Wildman–Crippen LogP) is 1.40. The molecule has 2 atom stereocenters. The number of aliphatic hydroxyl groups excluding tert-OH is 1. The van der Waals surface area contributed by atoms with E-state index in [1.165, 1.54) is 5.56 Å².